The molecule has 0 saturated heterocycles. The van der Waals surface area contributed by atoms with Gasteiger partial charge in [0.2, 0.25) is 12.1 Å². The second kappa shape index (κ2) is 19.4. The van der Waals surface area contributed by atoms with Crippen LogP contribution in [0.4, 0.5) is 4.79 Å². The Labute approximate surface area is 381 Å². The third kappa shape index (κ3) is 8.67. The summed E-state index contributed by atoms with van der Waals surface area (Å²) in [5, 5.41) is 13.8. The standard InChI is InChI=1S/C53H48N6O7/c1-3-63-51(61)49-54-46-30-18-29-45(50(60)64-36(2)65-52(62)66-42-25-14-7-15-26-42)47(46)58(49)35-37-31-33-38(34-32-37)43-27-16-17-28-44(43)48-55-56-57-59(48)53(39-19-8-4-9-20-39,40-21-10-5-11-22-40)41-23-12-6-13-24-41/h4-6,8-13,16-24,27-34,36,42H,3,7,14-15,25-26,35H2,1-2H3. The predicted octanol–water partition coefficient (Wildman–Crippen LogP) is 10.4. The van der Waals surface area contributed by atoms with Gasteiger partial charge in [-0.25, -0.2) is 24.0 Å². The van der Waals surface area contributed by atoms with Gasteiger partial charge in [-0.15, -0.1) is 5.10 Å². The summed E-state index contributed by atoms with van der Waals surface area (Å²) in [6, 6.07) is 51.7. The highest BCUT2D eigenvalue weighted by molar-refractivity contribution is 6.04. The maximum absolute atomic E-state index is 13.8. The van der Waals surface area contributed by atoms with Gasteiger partial charge in [-0.05, 0) is 88.5 Å². The van der Waals surface area contributed by atoms with Crippen LogP contribution in [0.3, 0.4) is 0 Å². The first-order valence-corrected chi connectivity index (χ1v) is 22.2. The first-order valence-electron chi connectivity index (χ1n) is 22.2. The number of rotatable bonds is 14. The number of carbonyl (C=O) groups is 3. The summed E-state index contributed by atoms with van der Waals surface area (Å²) in [7, 11) is 0. The summed E-state index contributed by atoms with van der Waals surface area (Å²) >= 11 is 0. The Hall–Kier alpha value is -7.93. The average molecular weight is 881 g/mol. The molecule has 1 fully saturated rings. The number of aromatic nitrogens is 6. The van der Waals surface area contributed by atoms with Crippen molar-refractivity contribution < 1.29 is 33.3 Å². The number of hydrogen-bond donors (Lipinski definition) is 0. The maximum Gasteiger partial charge on any atom is 0.511 e. The second-order valence-corrected chi connectivity index (χ2v) is 16.1. The first kappa shape index (κ1) is 43.3. The number of tetrazole rings is 1. The molecule has 2 aromatic heterocycles. The molecule has 13 heteroatoms. The van der Waals surface area contributed by atoms with Crippen LogP contribution >= 0.6 is 0 Å². The molecule has 0 radical (unpaired) electrons. The van der Waals surface area contributed by atoms with Crippen molar-refractivity contribution in [3.05, 3.63) is 191 Å². The van der Waals surface area contributed by atoms with Gasteiger partial charge in [0.25, 0.3) is 0 Å². The monoisotopic (exact) mass is 880 g/mol. The smallest absolute Gasteiger partial charge is 0.460 e. The van der Waals surface area contributed by atoms with E-state index in [0.29, 0.717) is 16.9 Å². The number of imidazole rings is 1. The summed E-state index contributed by atoms with van der Waals surface area (Å²) in [5.41, 5.74) is 6.32. The van der Waals surface area contributed by atoms with E-state index in [-0.39, 0.29) is 30.6 Å². The molecule has 0 aliphatic heterocycles. The van der Waals surface area contributed by atoms with E-state index in [4.69, 9.17) is 29.3 Å². The van der Waals surface area contributed by atoms with Crippen molar-refractivity contribution in [2.45, 2.75) is 70.4 Å². The van der Waals surface area contributed by atoms with Crippen molar-refractivity contribution in [3.8, 4) is 22.5 Å². The lowest BCUT2D eigenvalue weighted by Crippen LogP contribution is -2.39. The van der Waals surface area contributed by atoms with E-state index in [2.05, 4.69) is 46.6 Å². The van der Waals surface area contributed by atoms with Crippen LogP contribution in [0.1, 0.15) is 89.2 Å². The van der Waals surface area contributed by atoms with Crippen LogP contribution < -0.4 is 0 Å². The molecule has 1 aliphatic carbocycles. The molecule has 1 unspecified atom stereocenters. The van der Waals surface area contributed by atoms with E-state index in [1.807, 2.05) is 108 Å². The fourth-order valence-corrected chi connectivity index (χ4v) is 8.96. The molecule has 2 heterocycles. The lowest BCUT2D eigenvalue weighted by Gasteiger charge is -2.36. The molecule has 1 atom stereocenters. The quantitative estimate of drug-likeness (QED) is 0.0444. The summed E-state index contributed by atoms with van der Waals surface area (Å²) in [6.45, 7) is 3.45. The summed E-state index contributed by atoms with van der Waals surface area (Å²) in [5.74, 6) is -0.820. The van der Waals surface area contributed by atoms with E-state index in [9.17, 15) is 14.4 Å². The van der Waals surface area contributed by atoms with Crippen molar-refractivity contribution in [2.24, 2.45) is 0 Å². The first-order chi connectivity index (χ1) is 32.3. The average Bonchev–Trinajstić information content (AvgIpc) is 3.99. The molecule has 66 heavy (non-hydrogen) atoms. The molecule has 332 valence electrons. The Bertz CT molecular complexity index is 2850. The second-order valence-electron chi connectivity index (χ2n) is 16.1. The van der Waals surface area contributed by atoms with E-state index < -0.39 is 29.9 Å². The zero-order valence-corrected chi connectivity index (χ0v) is 36.7. The highest BCUT2D eigenvalue weighted by Crippen LogP contribution is 2.43. The van der Waals surface area contributed by atoms with Gasteiger partial charge in [-0.1, -0.05) is 152 Å². The van der Waals surface area contributed by atoms with Crippen LogP contribution in [0, 0.1) is 0 Å². The fraction of sp³-hybridized carbons (Fsp3) is 0.226. The Morgan fingerprint density at radius 1 is 0.682 bits per heavy atom. The molecule has 0 spiro atoms. The zero-order valence-electron chi connectivity index (χ0n) is 36.7. The minimum absolute atomic E-state index is 0.0208. The van der Waals surface area contributed by atoms with E-state index >= 15 is 0 Å². The minimum atomic E-state index is -1.24. The number of nitrogens with zero attached hydrogens (tertiary/aromatic N) is 6. The SMILES string of the molecule is CCOC(=O)c1nc2cccc(C(=O)OC(C)OC(=O)OC3CCCCC3)c2n1Cc1ccc(-c2ccccc2-c2nnnn2C(c2ccccc2)(c2ccccc2)c2ccccc2)cc1. The van der Waals surface area contributed by atoms with Crippen molar-refractivity contribution in [2.75, 3.05) is 6.61 Å². The molecular formula is C53H48N6O7. The number of esters is 2. The largest absolute Gasteiger partial charge is 0.511 e. The van der Waals surface area contributed by atoms with Crippen LogP contribution in [0.5, 0.6) is 0 Å². The Morgan fingerprint density at radius 3 is 1.91 bits per heavy atom. The Morgan fingerprint density at radius 2 is 1.29 bits per heavy atom. The van der Waals surface area contributed by atoms with Crippen LogP contribution in [0.2, 0.25) is 0 Å². The molecule has 0 bridgehead atoms. The third-order valence-corrected chi connectivity index (χ3v) is 11.9. The van der Waals surface area contributed by atoms with Crippen molar-refractivity contribution in [1.29, 1.82) is 0 Å². The minimum Gasteiger partial charge on any atom is -0.460 e. The van der Waals surface area contributed by atoms with Crippen molar-refractivity contribution in [3.63, 3.8) is 0 Å². The molecule has 0 N–H and O–H groups in total. The molecule has 1 aliphatic rings. The molecule has 6 aromatic carbocycles. The summed E-state index contributed by atoms with van der Waals surface area (Å²) in [6.07, 6.45) is 2.27. The lowest BCUT2D eigenvalue weighted by atomic mass is 9.77. The van der Waals surface area contributed by atoms with Crippen LogP contribution in [0.15, 0.2) is 158 Å². The van der Waals surface area contributed by atoms with E-state index in [1.54, 1.807) is 29.7 Å². The third-order valence-electron chi connectivity index (χ3n) is 11.9. The van der Waals surface area contributed by atoms with Crippen LogP contribution in [-0.4, -0.2) is 66.9 Å². The van der Waals surface area contributed by atoms with Gasteiger partial charge in [-0.2, -0.15) is 0 Å². The zero-order chi connectivity index (χ0) is 45.5. The van der Waals surface area contributed by atoms with Crippen LogP contribution in [0.25, 0.3) is 33.5 Å². The summed E-state index contributed by atoms with van der Waals surface area (Å²) in [4.78, 5) is 44.4. The Kier molecular flexibility index (Phi) is 12.8. The number of para-hydroxylation sites is 1. The van der Waals surface area contributed by atoms with E-state index in [0.717, 1.165) is 71.0 Å². The van der Waals surface area contributed by atoms with Gasteiger partial charge in [0, 0.05) is 19.0 Å². The maximum atomic E-state index is 13.8. The summed E-state index contributed by atoms with van der Waals surface area (Å²) < 4.78 is 25.4. The molecule has 8 aromatic rings. The highest BCUT2D eigenvalue weighted by atomic mass is 16.8. The van der Waals surface area contributed by atoms with Gasteiger partial charge < -0.3 is 23.5 Å². The van der Waals surface area contributed by atoms with E-state index in [1.165, 1.54) is 6.92 Å². The van der Waals surface area contributed by atoms with Gasteiger partial charge in [0.05, 0.1) is 23.2 Å². The fourth-order valence-electron chi connectivity index (χ4n) is 8.96. The number of benzene rings is 6. The number of hydrogen-bond acceptors (Lipinski definition) is 11. The van der Waals surface area contributed by atoms with Gasteiger partial charge in [0.1, 0.15) is 11.6 Å². The van der Waals surface area contributed by atoms with Crippen molar-refractivity contribution >= 4 is 29.1 Å². The van der Waals surface area contributed by atoms with Gasteiger partial charge >= 0.3 is 18.1 Å². The van der Waals surface area contributed by atoms with Crippen LogP contribution in [-0.2, 0) is 31.0 Å². The van der Waals surface area contributed by atoms with Gasteiger partial charge in [0.15, 0.2) is 5.82 Å². The van der Waals surface area contributed by atoms with Crippen molar-refractivity contribution in [1.82, 2.24) is 29.8 Å². The topological polar surface area (TPSA) is 150 Å². The Balaban J connectivity index is 1.05. The predicted molar refractivity (Wildman–Crippen MR) is 247 cm³/mol. The normalized spacial score (nSPS) is 13.5. The molecule has 1 saturated carbocycles. The molecule has 9 rings (SSSR count). The lowest BCUT2D eigenvalue weighted by molar-refractivity contribution is -0.0914. The number of carbonyl (C=O) groups excluding carboxylic acids is 3. The number of fused-ring (bicyclic) bond motifs is 1. The van der Waals surface area contributed by atoms with Gasteiger partial charge in [-0.3, -0.25) is 0 Å². The highest BCUT2D eigenvalue weighted by Gasteiger charge is 2.42. The molecule has 13 nitrogen and oxygen atoms in total. The molecule has 0 amide bonds. The number of ether oxygens (including phenoxy) is 4. The molecular weight excluding hydrogens is 833 g/mol.